The van der Waals surface area contributed by atoms with Gasteiger partial charge in [-0.15, -0.1) is 11.3 Å². The normalized spacial score (nSPS) is 15.4. The summed E-state index contributed by atoms with van der Waals surface area (Å²) in [6, 6.07) is 10.5. The Balaban J connectivity index is 1.74. The summed E-state index contributed by atoms with van der Waals surface area (Å²) in [4.78, 5) is 12.9. The van der Waals surface area contributed by atoms with E-state index in [-0.39, 0.29) is 11.9 Å². The molecule has 1 atom stereocenters. The van der Waals surface area contributed by atoms with Gasteiger partial charge in [0.15, 0.2) is 0 Å². The summed E-state index contributed by atoms with van der Waals surface area (Å²) in [6.07, 6.45) is 4.96. The van der Waals surface area contributed by atoms with Gasteiger partial charge in [-0.2, -0.15) is 0 Å². The predicted octanol–water partition coefficient (Wildman–Crippen LogP) is 4.12. The van der Waals surface area contributed by atoms with Gasteiger partial charge < -0.3 is 5.32 Å². The maximum Gasteiger partial charge on any atom is 0.261 e. The third kappa shape index (κ3) is 2.78. The average molecular weight is 285 g/mol. The van der Waals surface area contributed by atoms with Crippen molar-refractivity contribution in [1.82, 2.24) is 5.32 Å². The monoisotopic (exact) mass is 285 g/mol. The summed E-state index contributed by atoms with van der Waals surface area (Å²) >= 11 is 1.48. The Morgan fingerprint density at radius 2 is 2.00 bits per heavy atom. The summed E-state index contributed by atoms with van der Waals surface area (Å²) in [5.41, 5.74) is 4.15. The molecule has 0 bridgehead atoms. The molecule has 1 heterocycles. The van der Waals surface area contributed by atoms with Crippen LogP contribution in [0.4, 0.5) is 0 Å². The second-order valence-corrected chi connectivity index (χ2v) is 6.36. The van der Waals surface area contributed by atoms with Crippen LogP contribution in [-0.2, 0) is 12.8 Å². The lowest BCUT2D eigenvalue weighted by molar-refractivity contribution is 0.0944. The highest BCUT2D eigenvalue weighted by molar-refractivity contribution is 7.12. The number of hydrogen-bond acceptors (Lipinski definition) is 2. The SMILES string of the molecule is C[C@H](NC(=O)c1cccs1)c1ccc2c(c1)CCCC2. The van der Waals surface area contributed by atoms with Crippen molar-refractivity contribution in [2.24, 2.45) is 0 Å². The minimum Gasteiger partial charge on any atom is -0.345 e. The van der Waals surface area contributed by atoms with E-state index in [0.717, 1.165) is 4.88 Å². The van der Waals surface area contributed by atoms with Gasteiger partial charge in [0.25, 0.3) is 5.91 Å². The van der Waals surface area contributed by atoms with Crippen molar-refractivity contribution in [3.05, 3.63) is 57.3 Å². The quantitative estimate of drug-likeness (QED) is 0.903. The Morgan fingerprint density at radius 1 is 1.20 bits per heavy atom. The third-order valence-corrected chi connectivity index (χ3v) is 4.83. The summed E-state index contributed by atoms with van der Waals surface area (Å²) in [6.45, 7) is 2.05. The number of hydrogen-bond donors (Lipinski definition) is 1. The summed E-state index contributed by atoms with van der Waals surface area (Å²) in [5, 5.41) is 5.01. The second-order valence-electron chi connectivity index (χ2n) is 5.41. The lowest BCUT2D eigenvalue weighted by Gasteiger charge is -2.19. The molecule has 0 saturated carbocycles. The zero-order valence-electron chi connectivity index (χ0n) is 11.7. The molecule has 1 N–H and O–H groups in total. The van der Waals surface area contributed by atoms with E-state index in [9.17, 15) is 4.79 Å². The average Bonchev–Trinajstić information content (AvgIpc) is 3.01. The molecule has 104 valence electrons. The highest BCUT2D eigenvalue weighted by Crippen LogP contribution is 2.25. The lowest BCUT2D eigenvalue weighted by Crippen LogP contribution is -2.26. The molecular weight excluding hydrogens is 266 g/mol. The molecule has 3 rings (SSSR count). The first-order valence-corrected chi connectivity index (χ1v) is 8.08. The third-order valence-electron chi connectivity index (χ3n) is 3.97. The number of fused-ring (bicyclic) bond motifs is 1. The minimum absolute atomic E-state index is 0.0187. The van der Waals surface area contributed by atoms with Gasteiger partial charge in [-0.3, -0.25) is 4.79 Å². The molecule has 0 spiro atoms. The van der Waals surface area contributed by atoms with Crippen LogP contribution in [0.25, 0.3) is 0 Å². The second kappa shape index (κ2) is 5.80. The van der Waals surface area contributed by atoms with Gasteiger partial charge >= 0.3 is 0 Å². The Bertz CT molecular complexity index is 603. The minimum atomic E-state index is 0.0187. The Hall–Kier alpha value is -1.61. The molecule has 0 radical (unpaired) electrons. The fourth-order valence-corrected chi connectivity index (χ4v) is 3.41. The molecule has 0 saturated heterocycles. The fourth-order valence-electron chi connectivity index (χ4n) is 2.78. The van der Waals surface area contributed by atoms with Crippen LogP contribution in [0.2, 0.25) is 0 Å². The molecule has 1 aliphatic carbocycles. The van der Waals surface area contributed by atoms with Crippen molar-refractivity contribution >= 4 is 17.2 Å². The lowest BCUT2D eigenvalue weighted by atomic mass is 9.89. The van der Waals surface area contributed by atoms with E-state index in [2.05, 4.69) is 30.4 Å². The van der Waals surface area contributed by atoms with E-state index < -0.39 is 0 Å². The molecule has 1 aliphatic rings. The number of amides is 1. The van der Waals surface area contributed by atoms with Gasteiger partial charge in [0.2, 0.25) is 0 Å². The zero-order valence-corrected chi connectivity index (χ0v) is 12.5. The smallest absolute Gasteiger partial charge is 0.261 e. The van der Waals surface area contributed by atoms with Crippen LogP contribution in [0.15, 0.2) is 35.7 Å². The van der Waals surface area contributed by atoms with Crippen LogP contribution in [0.1, 0.15) is 52.2 Å². The number of carbonyl (C=O) groups is 1. The molecule has 0 unspecified atom stereocenters. The number of thiophene rings is 1. The largest absolute Gasteiger partial charge is 0.345 e. The van der Waals surface area contributed by atoms with Crippen molar-refractivity contribution in [1.29, 1.82) is 0 Å². The molecule has 20 heavy (non-hydrogen) atoms. The predicted molar refractivity (Wildman–Crippen MR) is 83.3 cm³/mol. The number of nitrogens with one attached hydrogen (secondary N) is 1. The molecule has 1 aromatic heterocycles. The molecule has 0 aliphatic heterocycles. The van der Waals surface area contributed by atoms with Crippen LogP contribution < -0.4 is 5.32 Å². The standard InChI is InChI=1S/C17H19NOS/c1-12(18-17(19)16-7-4-10-20-16)14-9-8-13-5-2-3-6-15(13)11-14/h4,7-12H,2-3,5-6H2,1H3,(H,18,19)/t12-/m0/s1. The van der Waals surface area contributed by atoms with Crippen LogP contribution in [0.3, 0.4) is 0 Å². The van der Waals surface area contributed by atoms with E-state index in [1.54, 1.807) is 0 Å². The maximum atomic E-state index is 12.1. The number of carbonyl (C=O) groups excluding carboxylic acids is 1. The molecule has 1 aromatic carbocycles. The summed E-state index contributed by atoms with van der Waals surface area (Å²) in [5.74, 6) is 0.0187. The van der Waals surface area contributed by atoms with Gasteiger partial charge in [-0.1, -0.05) is 24.3 Å². The number of rotatable bonds is 3. The first-order valence-electron chi connectivity index (χ1n) is 7.20. The molecule has 2 nitrogen and oxygen atoms in total. The molecule has 2 aromatic rings. The molecule has 3 heteroatoms. The van der Waals surface area contributed by atoms with Crippen LogP contribution >= 0.6 is 11.3 Å². The van der Waals surface area contributed by atoms with Crippen LogP contribution in [0.5, 0.6) is 0 Å². The Morgan fingerprint density at radius 3 is 2.75 bits per heavy atom. The van der Waals surface area contributed by atoms with E-state index in [0.29, 0.717) is 0 Å². The number of benzene rings is 1. The van der Waals surface area contributed by atoms with Crippen molar-refractivity contribution in [2.75, 3.05) is 0 Å². The van der Waals surface area contributed by atoms with Crippen molar-refractivity contribution in [2.45, 2.75) is 38.6 Å². The van der Waals surface area contributed by atoms with Gasteiger partial charge in [0, 0.05) is 0 Å². The van der Waals surface area contributed by atoms with Gasteiger partial charge in [0.1, 0.15) is 0 Å². The summed E-state index contributed by atoms with van der Waals surface area (Å²) < 4.78 is 0. The van der Waals surface area contributed by atoms with E-state index in [4.69, 9.17) is 0 Å². The number of aryl methyl sites for hydroxylation is 2. The van der Waals surface area contributed by atoms with E-state index >= 15 is 0 Å². The van der Waals surface area contributed by atoms with Crippen molar-refractivity contribution in [3.8, 4) is 0 Å². The highest BCUT2D eigenvalue weighted by atomic mass is 32.1. The van der Waals surface area contributed by atoms with Crippen molar-refractivity contribution in [3.63, 3.8) is 0 Å². The van der Waals surface area contributed by atoms with Gasteiger partial charge in [-0.05, 0) is 60.7 Å². The van der Waals surface area contributed by atoms with E-state index in [1.165, 1.54) is 53.7 Å². The topological polar surface area (TPSA) is 29.1 Å². The van der Waals surface area contributed by atoms with Crippen LogP contribution in [-0.4, -0.2) is 5.91 Å². The highest BCUT2D eigenvalue weighted by Gasteiger charge is 2.15. The van der Waals surface area contributed by atoms with Crippen LogP contribution in [0, 0.1) is 0 Å². The zero-order chi connectivity index (χ0) is 13.9. The molecule has 1 amide bonds. The Labute approximate surface area is 123 Å². The molecule has 0 fully saturated rings. The van der Waals surface area contributed by atoms with Gasteiger partial charge in [-0.25, -0.2) is 0 Å². The first-order chi connectivity index (χ1) is 9.74. The first kappa shape index (κ1) is 13.4. The van der Waals surface area contributed by atoms with Crippen molar-refractivity contribution < 1.29 is 4.79 Å². The maximum absolute atomic E-state index is 12.1. The molecular formula is C17H19NOS. The fraction of sp³-hybridized carbons (Fsp3) is 0.353. The summed E-state index contributed by atoms with van der Waals surface area (Å²) in [7, 11) is 0. The Kier molecular flexibility index (Phi) is 3.88. The van der Waals surface area contributed by atoms with E-state index in [1.807, 2.05) is 17.5 Å². The van der Waals surface area contributed by atoms with Gasteiger partial charge in [0.05, 0.1) is 10.9 Å².